The van der Waals surface area contributed by atoms with Gasteiger partial charge in [0.25, 0.3) is 0 Å². The molecule has 0 aromatic heterocycles. The molecule has 154 valence electrons. The number of benzene rings is 1. The van der Waals surface area contributed by atoms with Gasteiger partial charge >= 0.3 is 7.12 Å². The molecule has 1 aliphatic heterocycles. The molecule has 1 saturated heterocycles. The van der Waals surface area contributed by atoms with Gasteiger partial charge in [-0.05, 0) is 58.2 Å². The Morgan fingerprint density at radius 2 is 1.54 bits per heavy atom. The molecule has 1 saturated carbocycles. The first kappa shape index (κ1) is 21.5. The van der Waals surface area contributed by atoms with Crippen LogP contribution in [-0.4, -0.2) is 30.9 Å². The maximum Gasteiger partial charge on any atom is 0.525 e. The Morgan fingerprint density at radius 3 is 2.07 bits per heavy atom. The Bertz CT molecular complexity index is 679. The number of nitrogens with one attached hydrogen (secondary N) is 1. The molecule has 1 aromatic carbocycles. The van der Waals surface area contributed by atoms with Gasteiger partial charge in [-0.25, -0.2) is 8.78 Å². The normalized spacial score (nSPS) is 23.4. The summed E-state index contributed by atoms with van der Waals surface area (Å²) < 4.78 is 40.8. The van der Waals surface area contributed by atoms with E-state index in [-0.39, 0.29) is 5.82 Å². The fourth-order valence-electron chi connectivity index (χ4n) is 3.79. The van der Waals surface area contributed by atoms with Crippen LogP contribution in [0.1, 0.15) is 71.8 Å². The van der Waals surface area contributed by atoms with Crippen molar-refractivity contribution in [1.82, 2.24) is 5.32 Å². The zero-order chi connectivity index (χ0) is 20.4. The molecule has 1 N–H and O–H groups in total. The molecular formula is C22H32BF2NO2. The summed E-state index contributed by atoms with van der Waals surface area (Å²) in [6.07, 6.45) is 7.14. The summed E-state index contributed by atoms with van der Waals surface area (Å²) in [6.45, 7) is 7.98. The second kappa shape index (κ2) is 8.64. The van der Waals surface area contributed by atoms with E-state index in [0.29, 0.717) is 23.7 Å². The van der Waals surface area contributed by atoms with Gasteiger partial charge in [0.15, 0.2) is 0 Å². The molecule has 28 heavy (non-hydrogen) atoms. The molecule has 0 spiro atoms. The summed E-state index contributed by atoms with van der Waals surface area (Å²) in [5, 5.41) is 3.52. The number of hydrogen-bond donors (Lipinski definition) is 1. The van der Waals surface area contributed by atoms with E-state index in [9.17, 15) is 4.39 Å². The van der Waals surface area contributed by atoms with E-state index in [2.05, 4.69) is 5.32 Å². The first-order valence-electron chi connectivity index (χ1n) is 10.4. The van der Waals surface area contributed by atoms with Crippen LogP contribution < -0.4 is 5.32 Å². The molecule has 0 amide bonds. The van der Waals surface area contributed by atoms with Crippen molar-refractivity contribution in [3.63, 3.8) is 0 Å². The van der Waals surface area contributed by atoms with Crippen molar-refractivity contribution in [1.29, 1.82) is 0 Å². The molecule has 0 atom stereocenters. The molecular weight excluding hydrogens is 359 g/mol. The highest BCUT2D eigenvalue weighted by Gasteiger charge is 2.53. The summed E-state index contributed by atoms with van der Waals surface area (Å²) in [5.74, 6) is -0.337. The molecule has 2 aliphatic rings. The van der Waals surface area contributed by atoms with Gasteiger partial charge in [-0.3, -0.25) is 0 Å². The van der Waals surface area contributed by atoms with Crippen molar-refractivity contribution in [2.75, 3.05) is 6.54 Å². The molecule has 0 radical (unpaired) electrons. The lowest BCUT2D eigenvalue weighted by Gasteiger charge is -2.32. The van der Waals surface area contributed by atoms with Crippen LogP contribution in [0.4, 0.5) is 8.78 Å². The third-order valence-corrected chi connectivity index (χ3v) is 6.36. The Kier molecular flexibility index (Phi) is 6.63. The van der Waals surface area contributed by atoms with E-state index in [0.717, 1.165) is 12.8 Å². The minimum atomic E-state index is -1.05. The zero-order valence-corrected chi connectivity index (χ0v) is 17.5. The van der Waals surface area contributed by atoms with Crippen molar-refractivity contribution >= 4 is 12.7 Å². The highest BCUT2D eigenvalue weighted by molar-refractivity contribution is 6.55. The van der Waals surface area contributed by atoms with Gasteiger partial charge in [0.1, 0.15) is 11.5 Å². The maximum atomic E-state index is 15.6. The van der Waals surface area contributed by atoms with Crippen molar-refractivity contribution in [3.8, 4) is 0 Å². The SMILES string of the molecule is CC1(C)OB(C(F)=C(CNC2CCCCCC2)c2ccc(F)cc2)OC1(C)C. The summed E-state index contributed by atoms with van der Waals surface area (Å²) in [4.78, 5) is 0. The van der Waals surface area contributed by atoms with Gasteiger partial charge < -0.3 is 14.6 Å². The molecule has 1 aliphatic carbocycles. The fraction of sp³-hybridized carbons (Fsp3) is 0.636. The van der Waals surface area contributed by atoms with Gasteiger partial charge in [-0.2, -0.15) is 0 Å². The van der Waals surface area contributed by atoms with Gasteiger partial charge in [-0.15, -0.1) is 0 Å². The first-order chi connectivity index (χ1) is 13.2. The first-order valence-corrected chi connectivity index (χ1v) is 10.4. The van der Waals surface area contributed by atoms with Gasteiger partial charge in [0.05, 0.1) is 11.2 Å². The van der Waals surface area contributed by atoms with Crippen LogP contribution in [0.3, 0.4) is 0 Å². The third kappa shape index (κ3) is 4.84. The summed E-state index contributed by atoms with van der Waals surface area (Å²) >= 11 is 0. The lowest BCUT2D eigenvalue weighted by Crippen LogP contribution is -2.41. The van der Waals surface area contributed by atoms with E-state index < -0.39 is 24.0 Å². The molecule has 3 nitrogen and oxygen atoms in total. The molecule has 0 bridgehead atoms. The van der Waals surface area contributed by atoms with Crippen LogP contribution in [0.25, 0.3) is 5.57 Å². The van der Waals surface area contributed by atoms with Crippen molar-refractivity contribution in [3.05, 3.63) is 41.4 Å². The van der Waals surface area contributed by atoms with Crippen LogP contribution in [0.15, 0.2) is 30.0 Å². The minimum Gasteiger partial charge on any atom is -0.398 e. The quantitative estimate of drug-likeness (QED) is 0.535. The Hall–Kier alpha value is -1.24. The number of halogens is 2. The molecule has 2 fully saturated rings. The number of hydrogen-bond acceptors (Lipinski definition) is 3. The predicted molar refractivity (Wildman–Crippen MR) is 110 cm³/mol. The van der Waals surface area contributed by atoms with Gasteiger partial charge in [0, 0.05) is 18.2 Å². The van der Waals surface area contributed by atoms with E-state index in [1.165, 1.54) is 37.8 Å². The van der Waals surface area contributed by atoms with Crippen LogP contribution >= 0.6 is 0 Å². The monoisotopic (exact) mass is 391 g/mol. The summed E-state index contributed by atoms with van der Waals surface area (Å²) in [7, 11) is -1.05. The van der Waals surface area contributed by atoms with Crippen LogP contribution in [0.2, 0.25) is 0 Å². The lowest BCUT2D eigenvalue weighted by atomic mass is 9.82. The largest absolute Gasteiger partial charge is 0.525 e. The van der Waals surface area contributed by atoms with Crippen molar-refractivity contribution < 1.29 is 18.1 Å². The third-order valence-electron chi connectivity index (χ3n) is 6.36. The van der Waals surface area contributed by atoms with Gasteiger partial charge in [0.2, 0.25) is 0 Å². The van der Waals surface area contributed by atoms with Crippen LogP contribution in [-0.2, 0) is 9.31 Å². The average Bonchev–Trinajstić information content (AvgIpc) is 2.81. The number of rotatable bonds is 5. The van der Waals surface area contributed by atoms with E-state index in [1.54, 1.807) is 12.1 Å². The molecule has 0 unspecified atom stereocenters. The van der Waals surface area contributed by atoms with Crippen molar-refractivity contribution in [2.24, 2.45) is 0 Å². The van der Waals surface area contributed by atoms with Crippen LogP contribution in [0, 0.1) is 5.82 Å². The van der Waals surface area contributed by atoms with Crippen LogP contribution in [0.5, 0.6) is 0 Å². The van der Waals surface area contributed by atoms with E-state index in [4.69, 9.17) is 9.31 Å². The predicted octanol–water partition coefficient (Wildman–Crippen LogP) is 5.45. The Morgan fingerprint density at radius 1 is 1.00 bits per heavy atom. The fourth-order valence-corrected chi connectivity index (χ4v) is 3.79. The topological polar surface area (TPSA) is 30.5 Å². The molecule has 1 heterocycles. The Labute approximate surface area is 168 Å². The Balaban J connectivity index is 1.84. The standard InChI is InChI=1S/C22H32BF2NO2/c1-21(2)22(3,4)28-23(27-21)20(25)19(16-11-13-17(24)14-12-16)15-26-18-9-7-5-6-8-10-18/h11-14,18,26H,5-10,15H2,1-4H3. The van der Waals surface area contributed by atoms with Gasteiger partial charge in [-0.1, -0.05) is 37.8 Å². The molecule has 1 aromatic rings. The minimum absolute atomic E-state index is 0.337. The van der Waals surface area contributed by atoms with E-state index >= 15 is 4.39 Å². The smallest absolute Gasteiger partial charge is 0.398 e. The maximum absolute atomic E-state index is 15.6. The highest BCUT2D eigenvalue weighted by atomic mass is 19.1. The van der Waals surface area contributed by atoms with E-state index in [1.807, 2.05) is 27.7 Å². The second-order valence-corrected chi connectivity index (χ2v) is 8.99. The lowest BCUT2D eigenvalue weighted by molar-refractivity contribution is 0.00578. The summed E-state index contributed by atoms with van der Waals surface area (Å²) in [6, 6.07) is 6.33. The zero-order valence-electron chi connectivity index (χ0n) is 17.5. The summed E-state index contributed by atoms with van der Waals surface area (Å²) in [5.41, 5.74) is -0.543. The highest BCUT2D eigenvalue weighted by Crippen LogP contribution is 2.40. The molecule has 3 rings (SSSR count). The second-order valence-electron chi connectivity index (χ2n) is 8.99. The molecule has 6 heteroatoms. The van der Waals surface area contributed by atoms with Crippen molar-refractivity contribution in [2.45, 2.75) is 83.5 Å². The average molecular weight is 391 g/mol.